The van der Waals surface area contributed by atoms with Crippen LogP contribution in [0.4, 0.5) is 5.69 Å². The Kier molecular flexibility index (Phi) is 5.69. The van der Waals surface area contributed by atoms with E-state index in [2.05, 4.69) is 43.0 Å². The third-order valence-corrected chi connectivity index (χ3v) is 3.93. The summed E-state index contributed by atoms with van der Waals surface area (Å²) in [5, 5.41) is 0. The number of esters is 1. The lowest BCUT2D eigenvalue weighted by atomic mass is 10.0. The minimum Gasteiger partial charge on any atom is -0.458 e. The number of hydrogen-bond acceptors (Lipinski definition) is 4. The van der Waals surface area contributed by atoms with Crippen LogP contribution in [0.2, 0.25) is 0 Å². The molecule has 4 nitrogen and oxygen atoms in total. The molecule has 1 aliphatic heterocycles. The average molecular weight is 319 g/mol. The van der Waals surface area contributed by atoms with Gasteiger partial charge in [0.2, 0.25) is 0 Å². The minimum absolute atomic E-state index is 0.0298. The fourth-order valence-corrected chi connectivity index (χ4v) is 2.73. The summed E-state index contributed by atoms with van der Waals surface area (Å²) in [6.07, 6.45) is 1.03. The van der Waals surface area contributed by atoms with Crippen LogP contribution in [-0.4, -0.2) is 37.4 Å². The van der Waals surface area contributed by atoms with E-state index < -0.39 is 5.60 Å². The third kappa shape index (κ3) is 5.54. The number of ether oxygens (including phenoxy) is 2. The summed E-state index contributed by atoms with van der Waals surface area (Å²) >= 11 is 0. The molecule has 23 heavy (non-hydrogen) atoms. The molecule has 128 valence electrons. The van der Waals surface area contributed by atoms with Gasteiger partial charge in [0.15, 0.2) is 0 Å². The molecule has 1 heterocycles. The molecule has 0 amide bonds. The Hall–Kier alpha value is -1.55. The van der Waals surface area contributed by atoms with E-state index >= 15 is 0 Å². The maximum absolute atomic E-state index is 11.7. The largest absolute Gasteiger partial charge is 0.458 e. The van der Waals surface area contributed by atoms with E-state index in [1.54, 1.807) is 0 Å². The van der Waals surface area contributed by atoms with Gasteiger partial charge in [-0.3, -0.25) is 0 Å². The van der Waals surface area contributed by atoms with E-state index in [1.807, 2.05) is 20.8 Å². The highest BCUT2D eigenvalue weighted by Crippen LogP contribution is 2.24. The van der Waals surface area contributed by atoms with E-state index in [4.69, 9.17) is 9.47 Å². The van der Waals surface area contributed by atoms with Crippen molar-refractivity contribution in [1.29, 1.82) is 0 Å². The van der Waals surface area contributed by atoms with E-state index in [0.717, 1.165) is 19.5 Å². The second-order valence-electron chi connectivity index (χ2n) is 7.50. The predicted octanol–water partition coefficient (Wildman–Crippen LogP) is 3.75. The first kappa shape index (κ1) is 17.8. The van der Waals surface area contributed by atoms with E-state index in [9.17, 15) is 4.79 Å². The van der Waals surface area contributed by atoms with Crippen LogP contribution in [0.25, 0.3) is 0 Å². The fourth-order valence-electron chi connectivity index (χ4n) is 2.73. The fraction of sp³-hybridized carbons (Fsp3) is 0.632. The van der Waals surface area contributed by atoms with Crippen molar-refractivity contribution >= 4 is 11.7 Å². The van der Waals surface area contributed by atoms with Crippen molar-refractivity contribution < 1.29 is 14.3 Å². The average Bonchev–Trinajstić information content (AvgIpc) is 2.92. The molecular weight excluding hydrogens is 290 g/mol. The van der Waals surface area contributed by atoms with Crippen LogP contribution in [0.15, 0.2) is 24.3 Å². The first-order valence-electron chi connectivity index (χ1n) is 8.43. The SMILES string of the molecule is CC(C)c1ccc(N2CC[C@@H](OCC(=O)OC(C)(C)C)C2)cc1. The minimum atomic E-state index is -0.458. The van der Waals surface area contributed by atoms with Crippen LogP contribution in [0.1, 0.15) is 52.5 Å². The van der Waals surface area contributed by atoms with Crippen LogP contribution in [-0.2, 0) is 14.3 Å². The van der Waals surface area contributed by atoms with Gasteiger partial charge in [0, 0.05) is 18.8 Å². The van der Waals surface area contributed by atoms with Gasteiger partial charge >= 0.3 is 5.97 Å². The van der Waals surface area contributed by atoms with Gasteiger partial charge in [-0.05, 0) is 50.8 Å². The second-order valence-corrected chi connectivity index (χ2v) is 7.50. The molecule has 1 atom stereocenters. The van der Waals surface area contributed by atoms with Crippen LogP contribution < -0.4 is 4.90 Å². The van der Waals surface area contributed by atoms with Crippen molar-refractivity contribution in [1.82, 2.24) is 0 Å². The Bertz CT molecular complexity index is 516. The highest BCUT2D eigenvalue weighted by molar-refractivity contribution is 5.71. The molecule has 0 N–H and O–H groups in total. The topological polar surface area (TPSA) is 38.8 Å². The monoisotopic (exact) mass is 319 g/mol. The lowest BCUT2D eigenvalue weighted by Gasteiger charge is -2.21. The van der Waals surface area contributed by atoms with Crippen LogP contribution in [0.5, 0.6) is 0 Å². The van der Waals surface area contributed by atoms with Gasteiger partial charge in [0.1, 0.15) is 12.2 Å². The molecule has 2 rings (SSSR count). The quantitative estimate of drug-likeness (QED) is 0.775. The highest BCUT2D eigenvalue weighted by atomic mass is 16.6. The number of carbonyl (C=O) groups excluding carboxylic acids is 1. The van der Waals surface area contributed by atoms with Crippen molar-refractivity contribution in [3.05, 3.63) is 29.8 Å². The van der Waals surface area contributed by atoms with Crippen molar-refractivity contribution in [2.75, 3.05) is 24.6 Å². The van der Waals surface area contributed by atoms with Crippen LogP contribution in [0, 0.1) is 0 Å². The number of anilines is 1. The summed E-state index contributed by atoms with van der Waals surface area (Å²) in [6.45, 7) is 11.8. The number of carbonyl (C=O) groups is 1. The molecular formula is C19H29NO3. The highest BCUT2D eigenvalue weighted by Gasteiger charge is 2.25. The summed E-state index contributed by atoms with van der Waals surface area (Å²) in [5.41, 5.74) is 2.11. The molecule has 0 spiro atoms. The van der Waals surface area contributed by atoms with E-state index in [0.29, 0.717) is 5.92 Å². The van der Waals surface area contributed by atoms with Gasteiger partial charge in [-0.15, -0.1) is 0 Å². The van der Waals surface area contributed by atoms with Gasteiger partial charge in [-0.2, -0.15) is 0 Å². The molecule has 1 aromatic rings. The zero-order valence-electron chi connectivity index (χ0n) is 15.0. The first-order valence-corrected chi connectivity index (χ1v) is 8.43. The Morgan fingerprint density at radius 2 is 1.91 bits per heavy atom. The Morgan fingerprint density at radius 3 is 2.48 bits per heavy atom. The Morgan fingerprint density at radius 1 is 1.26 bits per heavy atom. The molecule has 0 aromatic heterocycles. The zero-order chi connectivity index (χ0) is 17.0. The smallest absolute Gasteiger partial charge is 0.332 e. The summed E-state index contributed by atoms with van der Waals surface area (Å²) < 4.78 is 11.0. The molecule has 1 saturated heterocycles. The second kappa shape index (κ2) is 7.35. The number of benzene rings is 1. The molecule has 0 saturated carbocycles. The van der Waals surface area contributed by atoms with Gasteiger partial charge < -0.3 is 14.4 Å². The maximum atomic E-state index is 11.7. The van der Waals surface area contributed by atoms with Crippen molar-refractivity contribution in [3.8, 4) is 0 Å². The maximum Gasteiger partial charge on any atom is 0.332 e. The van der Waals surface area contributed by atoms with Crippen molar-refractivity contribution in [2.45, 2.75) is 58.7 Å². The van der Waals surface area contributed by atoms with E-state index in [1.165, 1.54) is 11.3 Å². The lowest BCUT2D eigenvalue weighted by molar-refractivity contribution is -0.161. The Labute approximate surface area is 139 Å². The summed E-state index contributed by atoms with van der Waals surface area (Å²) in [6, 6.07) is 8.72. The number of nitrogens with zero attached hydrogens (tertiary/aromatic N) is 1. The van der Waals surface area contributed by atoms with Gasteiger partial charge in [-0.1, -0.05) is 26.0 Å². The standard InChI is InChI=1S/C19H29NO3/c1-14(2)15-6-8-16(9-7-15)20-11-10-17(12-20)22-13-18(21)23-19(3,4)5/h6-9,14,17H,10-13H2,1-5H3/t17-/m1/s1. The molecule has 1 fully saturated rings. The molecule has 1 aromatic carbocycles. The first-order chi connectivity index (χ1) is 10.7. The predicted molar refractivity (Wildman–Crippen MR) is 92.9 cm³/mol. The molecule has 1 aliphatic rings. The molecule has 0 bridgehead atoms. The van der Waals surface area contributed by atoms with Crippen molar-refractivity contribution in [2.24, 2.45) is 0 Å². The van der Waals surface area contributed by atoms with Gasteiger partial charge in [-0.25, -0.2) is 4.79 Å². The van der Waals surface area contributed by atoms with Crippen LogP contribution >= 0.6 is 0 Å². The van der Waals surface area contributed by atoms with Crippen molar-refractivity contribution in [3.63, 3.8) is 0 Å². The normalized spacial score (nSPS) is 18.5. The van der Waals surface area contributed by atoms with Gasteiger partial charge in [0.05, 0.1) is 6.10 Å². The zero-order valence-corrected chi connectivity index (χ0v) is 15.0. The lowest BCUT2D eigenvalue weighted by Crippen LogP contribution is -2.29. The Balaban J connectivity index is 1.81. The number of hydrogen-bond donors (Lipinski definition) is 0. The summed E-state index contributed by atoms with van der Waals surface area (Å²) in [7, 11) is 0. The molecule has 0 unspecified atom stereocenters. The van der Waals surface area contributed by atoms with Crippen LogP contribution in [0.3, 0.4) is 0 Å². The third-order valence-electron chi connectivity index (χ3n) is 3.93. The molecule has 4 heteroatoms. The summed E-state index contributed by atoms with van der Waals surface area (Å²) in [4.78, 5) is 14.0. The molecule has 0 aliphatic carbocycles. The molecule has 0 radical (unpaired) electrons. The number of rotatable bonds is 5. The van der Waals surface area contributed by atoms with E-state index in [-0.39, 0.29) is 18.7 Å². The summed E-state index contributed by atoms with van der Waals surface area (Å²) in [5.74, 6) is 0.254. The van der Waals surface area contributed by atoms with Gasteiger partial charge in [0.25, 0.3) is 0 Å².